The molecule has 0 fully saturated rings. The van der Waals surface area contributed by atoms with Gasteiger partial charge in [-0.3, -0.25) is 0 Å². The Morgan fingerprint density at radius 3 is 1.89 bits per heavy atom. The third kappa shape index (κ3) is 4.41. The van der Waals surface area contributed by atoms with Crippen molar-refractivity contribution < 1.29 is 17.6 Å². The zero-order chi connectivity index (χ0) is 14.5. The Kier molecular flexibility index (Phi) is 4.62. The van der Waals surface area contributed by atoms with E-state index < -0.39 is 17.7 Å². The van der Waals surface area contributed by atoms with Gasteiger partial charge in [0, 0.05) is 12.4 Å². The average Bonchev–Trinajstić information content (AvgIpc) is 2.33. The van der Waals surface area contributed by atoms with Crippen molar-refractivity contribution in [3.63, 3.8) is 0 Å². The van der Waals surface area contributed by atoms with Gasteiger partial charge in [0.25, 0.3) is 0 Å². The van der Waals surface area contributed by atoms with Gasteiger partial charge in [-0.25, -0.2) is 9.97 Å². The van der Waals surface area contributed by atoms with Crippen molar-refractivity contribution in [1.29, 1.82) is 0 Å². The smallest absolute Gasteiger partial charge is 0.396 e. The SMILES string of the molecule is Fc1ncccc1C(F)(F)F.Nc1cccnc1N. The van der Waals surface area contributed by atoms with E-state index in [-0.39, 0.29) is 0 Å². The summed E-state index contributed by atoms with van der Waals surface area (Å²) in [6, 6.07) is 5.13. The summed E-state index contributed by atoms with van der Waals surface area (Å²) in [6.07, 6.45) is -2.09. The molecule has 0 spiro atoms. The number of nitrogens with two attached hydrogens (primary N) is 2. The summed E-state index contributed by atoms with van der Waals surface area (Å²) < 4.78 is 47.6. The van der Waals surface area contributed by atoms with Gasteiger partial charge in [0.05, 0.1) is 5.69 Å². The number of aromatic nitrogens is 2. The van der Waals surface area contributed by atoms with Crippen LogP contribution in [0.4, 0.5) is 29.1 Å². The second-order valence-electron chi connectivity index (χ2n) is 3.32. The quantitative estimate of drug-likeness (QED) is 0.571. The van der Waals surface area contributed by atoms with E-state index in [1.54, 1.807) is 18.3 Å². The molecule has 4 N–H and O–H groups in total. The molecule has 0 aromatic carbocycles. The van der Waals surface area contributed by atoms with Crippen molar-refractivity contribution in [2.24, 2.45) is 0 Å². The minimum absolute atomic E-state index is 0.396. The first-order chi connectivity index (χ1) is 8.82. The highest BCUT2D eigenvalue weighted by Crippen LogP contribution is 2.29. The van der Waals surface area contributed by atoms with E-state index in [0.29, 0.717) is 17.6 Å². The number of rotatable bonds is 0. The molecule has 0 bridgehead atoms. The zero-order valence-corrected chi connectivity index (χ0v) is 9.53. The first kappa shape index (κ1) is 14.7. The van der Waals surface area contributed by atoms with Gasteiger partial charge in [-0.05, 0) is 24.3 Å². The summed E-state index contributed by atoms with van der Waals surface area (Å²) in [5.41, 5.74) is 9.82. The fraction of sp³-hybridized carbons (Fsp3) is 0.0909. The number of hydrogen-bond donors (Lipinski definition) is 2. The fourth-order valence-corrected chi connectivity index (χ4v) is 1.03. The molecule has 0 radical (unpaired) electrons. The normalized spacial score (nSPS) is 10.5. The first-order valence-electron chi connectivity index (χ1n) is 4.96. The number of anilines is 2. The van der Waals surface area contributed by atoms with Crippen LogP contribution in [0.15, 0.2) is 36.7 Å². The van der Waals surface area contributed by atoms with Crippen LogP contribution in [0.2, 0.25) is 0 Å². The molecule has 19 heavy (non-hydrogen) atoms. The van der Waals surface area contributed by atoms with Crippen LogP contribution >= 0.6 is 0 Å². The van der Waals surface area contributed by atoms with E-state index in [1.807, 2.05) is 0 Å². The maximum atomic E-state index is 12.3. The summed E-state index contributed by atoms with van der Waals surface area (Å²) in [5.74, 6) is -1.09. The Labute approximate surface area is 106 Å². The molecule has 2 aromatic heterocycles. The Morgan fingerprint density at radius 2 is 1.53 bits per heavy atom. The van der Waals surface area contributed by atoms with Gasteiger partial charge < -0.3 is 11.5 Å². The van der Waals surface area contributed by atoms with Crippen LogP contribution in [-0.4, -0.2) is 9.97 Å². The molecule has 0 saturated carbocycles. The summed E-state index contributed by atoms with van der Waals surface area (Å²) >= 11 is 0. The highest BCUT2D eigenvalue weighted by molar-refractivity contribution is 5.56. The van der Waals surface area contributed by atoms with Crippen LogP contribution in [0.5, 0.6) is 0 Å². The van der Waals surface area contributed by atoms with Crippen LogP contribution in [-0.2, 0) is 6.18 Å². The van der Waals surface area contributed by atoms with Gasteiger partial charge in [-0.15, -0.1) is 0 Å². The Bertz CT molecular complexity index is 521. The molecule has 0 amide bonds. The Hall–Kier alpha value is -2.38. The van der Waals surface area contributed by atoms with E-state index in [1.165, 1.54) is 0 Å². The van der Waals surface area contributed by atoms with Crippen molar-refractivity contribution in [3.8, 4) is 0 Å². The second-order valence-corrected chi connectivity index (χ2v) is 3.32. The molecular formula is C11H10F4N4. The Balaban J connectivity index is 0.000000200. The molecule has 2 aromatic rings. The summed E-state index contributed by atoms with van der Waals surface area (Å²) in [5, 5.41) is 0. The van der Waals surface area contributed by atoms with E-state index in [2.05, 4.69) is 9.97 Å². The number of alkyl halides is 3. The second kappa shape index (κ2) is 5.98. The highest BCUT2D eigenvalue weighted by atomic mass is 19.4. The van der Waals surface area contributed by atoms with E-state index in [4.69, 9.17) is 11.5 Å². The van der Waals surface area contributed by atoms with Crippen molar-refractivity contribution in [1.82, 2.24) is 9.97 Å². The maximum Gasteiger partial charge on any atom is 0.420 e. The van der Waals surface area contributed by atoms with Gasteiger partial charge in [0.1, 0.15) is 11.4 Å². The predicted molar refractivity (Wildman–Crippen MR) is 62.3 cm³/mol. The minimum Gasteiger partial charge on any atom is -0.396 e. The standard InChI is InChI=1S/C6H3F4N.C5H7N3/c7-5-4(6(8,9)10)2-1-3-11-5;6-4-2-1-3-8-5(4)7/h1-3H;1-3H,6H2,(H2,7,8). The number of nitrogens with zero attached hydrogens (tertiary/aromatic N) is 2. The molecule has 0 atom stereocenters. The number of hydrogen-bond acceptors (Lipinski definition) is 4. The van der Waals surface area contributed by atoms with Crippen LogP contribution in [0.1, 0.15) is 5.56 Å². The predicted octanol–water partition coefficient (Wildman–Crippen LogP) is 2.49. The molecule has 4 nitrogen and oxygen atoms in total. The lowest BCUT2D eigenvalue weighted by atomic mass is 10.3. The van der Waals surface area contributed by atoms with Gasteiger partial charge in [0.15, 0.2) is 0 Å². The van der Waals surface area contributed by atoms with Gasteiger partial charge in [0.2, 0.25) is 5.95 Å². The number of halogens is 4. The van der Waals surface area contributed by atoms with E-state index >= 15 is 0 Å². The first-order valence-corrected chi connectivity index (χ1v) is 4.96. The van der Waals surface area contributed by atoms with Gasteiger partial charge in [-0.1, -0.05) is 0 Å². The van der Waals surface area contributed by atoms with Gasteiger partial charge >= 0.3 is 6.18 Å². The fourth-order valence-electron chi connectivity index (χ4n) is 1.03. The molecule has 0 aliphatic rings. The molecule has 8 heteroatoms. The Morgan fingerprint density at radius 1 is 0.947 bits per heavy atom. The molecule has 0 aliphatic heterocycles. The lowest BCUT2D eigenvalue weighted by Gasteiger charge is -2.04. The van der Waals surface area contributed by atoms with Crippen LogP contribution < -0.4 is 11.5 Å². The summed E-state index contributed by atoms with van der Waals surface area (Å²) in [7, 11) is 0. The van der Waals surface area contributed by atoms with Crippen molar-refractivity contribution >= 4 is 11.5 Å². The molecule has 0 saturated heterocycles. The molecule has 0 unspecified atom stereocenters. The molecular weight excluding hydrogens is 264 g/mol. The van der Waals surface area contributed by atoms with Gasteiger partial charge in [-0.2, -0.15) is 17.6 Å². The molecule has 0 aliphatic carbocycles. The lowest BCUT2D eigenvalue weighted by molar-refractivity contribution is -0.140. The molecule has 2 heterocycles. The largest absolute Gasteiger partial charge is 0.420 e. The van der Waals surface area contributed by atoms with Crippen molar-refractivity contribution in [3.05, 3.63) is 48.2 Å². The molecule has 2 rings (SSSR count). The van der Waals surface area contributed by atoms with Crippen LogP contribution in [0.3, 0.4) is 0 Å². The van der Waals surface area contributed by atoms with E-state index in [9.17, 15) is 17.6 Å². The topological polar surface area (TPSA) is 77.8 Å². The number of nitrogen functional groups attached to an aromatic ring is 2. The van der Waals surface area contributed by atoms with Crippen molar-refractivity contribution in [2.45, 2.75) is 6.18 Å². The average molecular weight is 274 g/mol. The number of pyridine rings is 2. The minimum atomic E-state index is -4.65. The van der Waals surface area contributed by atoms with E-state index in [0.717, 1.165) is 12.3 Å². The van der Waals surface area contributed by atoms with Crippen LogP contribution in [0, 0.1) is 5.95 Å². The lowest BCUT2D eigenvalue weighted by Crippen LogP contribution is -2.08. The third-order valence-electron chi connectivity index (χ3n) is 1.94. The summed E-state index contributed by atoms with van der Waals surface area (Å²) in [4.78, 5) is 6.59. The van der Waals surface area contributed by atoms with Crippen LogP contribution in [0.25, 0.3) is 0 Å². The monoisotopic (exact) mass is 274 g/mol. The third-order valence-corrected chi connectivity index (χ3v) is 1.94. The summed E-state index contributed by atoms with van der Waals surface area (Å²) in [6.45, 7) is 0. The molecule has 102 valence electrons. The van der Waals surface area contributed by atoms with Crippen molar-refractivity contribution in [2.75, 3.05) is 11.5 Å². The maximum absolute atomic E-state index is 12.3. The highest BCUT2D eigenvalue weighted by Gasteiger charge is 2.34. The zero-order valence-electron chi connectivity index (χ0n) is 9.53.